The summed E-state index contributed by atoms with van der Waals surface area (Å²) in [7, 11) is 0. The van der Waals surface area contributed by atoms with E-state index in [2.05, 4.69) is 10.3 Å². The van der Waals surface area contributed by atoms with Crippen molar-refractivity contribution in [2.75, 3.05) is 6.54 Å². The Morgan fingerprint density at radius 2 is 2.04 bits per heavy atom. The van der Waals surface area contributed by atoms with Crippen LogP contribution >= 0.6 is 0 Å². The largest absolute Gasteiger partial charge is 0.481 e. The van der Waals surface area contributed by atoms with Gasteiger partial charge in [0, 0.05) is 31.6 Å². The van der Waals surface area contributed by atoms with Gasteiger partial charge in [0.2, 0.25) is 0 Å². The lowest BCUT2D eigenvalue weighted by molar-refractivity contribution is -0.139. The van der Waals surface area contributed by atoms with E-state index in [1.54, 1.807) is 6.20 Å². The number of fused-ring (bicyclic) bond motifs is 1. The van der Waals surface area contributed by atoms with E-state index in [1.807, 2.05) is 34.9 Å². The molecule has 1 saturated carbocycles. The van der Waals surface area contributed by atoms with E-state index in [0.717, 1.165) is 37.2 Å². The summed E-state index contributed by atoms with van der Waals surface area (Å²) in [5.41, 5.74) is 1.45. The van der Waals surface area contributed by atoms with E-state index in [1.165, 1.54) is 0 Å². The molecule has 2 aromatic rings. The number of imidazole rings is 1. The van der Waals surface area contributed by atoms with Crippen molar-refractivity contribution in [2.45, 2.75) is 31.7 Å². The number of nitrogens with zero attached hydrogens (tertiary/aromatic N) is 2. The maximum atomic E-state index is 12.4. The summed E-state index contributed by atoms with van der Waals surface area (Å²) in [6, 6.07) is 9.65. The van der Waals surface area contributed by atoms with Gasteiger partial charge in [-0.3, -0.25) is 9.59 Å². The normalized spacial score (nSPS) is 24.4. The molecule has 4 rings (SSSR count). The molecule has 3 atom stereocenters. The quantitative estimate of drug-likeness (QED) is 0.873. The minimum atomic E-state index is -0.800. The molecule has 2 heterocycles. The monoisotopic (exact) mass is 339 g/mol. The number of amides is 1. The fraction of sp³-hybridized carbons (Fsp3) is 0.421. The van der Waals surface area contributed by atoms with Crippen molar-refractivity contribution in [3.8, 4) is 0 Å². The Labute approximate surface area is 145 Å². The number of carbonyl (C=O) groups excluding carboxylic acids is 1. The molecule has 2 N–H and O–H groups in total. The van der Waals surface area contributed by atoms with Gasteiger partial charge >= 0.3 is 5.97 Å². The molecule has 6 nitrogen and oxygen atoms in total. The SMILES string of the molecule is O=C(NCC1C(C(=O)O)C1c1ccccc1)c1cn2c(n1)CCCC2. The fourth-order valence-electron chi connectivity index (χ4n) is 3.92. The van der Waals surface area contributed by atoms with Crippen molar-refractivity contribution in [1.82, 2.24) is 14.9 Å². The molecule has 0 radical (unpaired) electrons. The van der Waals surface area contributed by atoms with Crippen molar-refractivity contribution in [1.29, 1.82) is 0 Å². The molecule has 1 amide bonds. The molecule has 130 valence electrons. The standard InChI is InChI=1S/C19H21N3O3/c23-18(14-11-22-9-5-4-8-15(22)21-14)20-10-13-16(17(13)19(24)25)12-6-2-1-3-7-12/h1-3,6-7,11,13,16-17H,4-5,8-10H2,(H,20,23)(H,24,25). The topological polar surface area (TPSA) is 84.2 Å². The van der Waals surface area contributed by atoms with Crippen LogP contribution in [0.15, 0.2) is 36.5 Å². The van der Waals surface area contributed by atoms with Gasteiger partial charge in [-0.2, -0.15) is 0 Å². The second-order valence-electron chi connectivity index (χ2n) is 6.87. The molecule has 0 bridgehead atoms. The van der Waals surface area contributed by atoms with Gasteiger partial charge in [-0.15, -0.1) is 0 Å². The van der Waals surface area contributed by atoms with Crippen LogP contribution in [-0.2, 0) is 17.8 Å². The van der Waals surface area contributed by atoms with Crippen molar-refractivity contribution in [3.63, 3.8) is 0 Å². The Kier molecular flexibility index (Phi) is 4.03. The van der Waals surface area contributed by atoms with Gasteiger partial charge in [-0.1, -0.05) is 30.3 Å². The number of hydrogen-bond acceptors (Lipinski definition) is 3. The first kappa shape index (κ1) is 15.9. The van der Waals surface area contributed by atoms with Crippen LogP contribution in [0.3, 0.4) is 0 Å². The number of carboxylic acid groups (broad SMARTS) is 1. The number of aromatic nitrogens is 2. The molecule has 1 aliphatic carbocycles. The minimum Gasteiger partial charge on any atom is -0.481 e. The van der Waals surface area contributed by atoms with Crippen molar-refractivity contribution in [3.05, 3.63) is 53.6 Å². The van der Waals surface area contributed by atoms with Crippen molar-refractivity contribution >= 4 is 11.9 Å². The molecule has 6 heteroatoms. The highest BCUT2D eigenvalue weighted by Gasteiger charge is 2.55. The molecule has 25 heavy (non-hydrogen) atoms. The minimum absolute atomic E-state index is 0.0331. The fourth-order valence-corrected chi connectivity index (χ4v) is 3.92. The maximum absolute atomic E-state index is 12.4. The number of aryl methyl sites for hydroxylation is 2. The third kappa shape index (κ3) is 3.04. The average Bonchev–Trinajstić information content (AvgIpc) is 3.20. The molecule has 1 aromatic heterocycles. The Hall–Kier alpha value is -2.63. The van der Waals surface area contributed by atoms with Crippen LogP contribution in [-0.4, -0.2) is 33.1 Å². The number of benzene rings is 1. The van der Waals surface area contributed by atoms with Gasteiger partial charge < -0.3 is 15.0 Å². The van der Waals surface area contributed by atoms with E-state index < -0.39 is 11.9 Å². The Morgan fingerprint density at radius 1 is 1.24 bits per heavy atom. The smallest absolute Gasteiger partial charge is 0.307 e. The summed E-state index contributed by atoms with van der Waals surface area (Å²) in [6.07, 6.45) is 4.94. The lowest BCUT2D eigenvalue weighted by atomic mass is 10.1. The highest BCUT2D eigenvalue weighted by molar-refractivity contribution is 5.92. The number of aliphatic carboxylic acids is 1. The van der Waals surface area contributed by atoms with Crippen LogP contribution in [0, 0.1) is 11.8 Å². The highest BCUT2D eigenvalue weighted by atomic mass is 16.4. The van der Waals surface area contributed by atoms with E-state index in [4.69, 9.17) is 0 Å². The summed E-state index contributed by atoms with van der Waals surface area (Å²) in [5, 5.41) is 12.3. The van der Waals surface area contributed by atoms with E-state index in [0.29, 0.717) is 12.2 Å². The zero-order chi connectivity index (χ0) is 17.4. The zero-order valence-electron chi connectivity index (χ0n) is 13.9. The first-order valence-corrected chi connectivity index (χ1v) is 8.77. The van der Waals surface area contributed by atoms with E-state index in [-0.39, 0.29) is 17.7 Å². The van der Waals surface area contributed by atoms with E-state index >= 15 is 0 Å². The van der Waals surface area contributed by atoms with Gasteiger partial charge in [-0.25, -0.2) is 4.98 Å². The molecular weight excluding hydrogens is 318 g/mol. The maximum Gasteiger partial charge on any atom is 0.307 e. The first-order valence-electron chi connectivity index (χ1n) is 8.77. The van der Waals surface area contributed by atoms with Crippen LogP contribution in [0.2, 0.25) is 0 Å². The molecule has 3 unspecified atom stereocenters. The Balaban J connectivity index is 1.41. The van der Waals surface area contributed by atoms with Crippen LogP contribution in [0.4, 0.5) is 0 Å². The second kappa shape index (κ2) is 6.35. The predicted octanol–water partition coefficient (Wildman–Crippen LogP) is 2.06. The molecule has 1 aromatic carbocycles. The van der Waals surface area contributed by atoms with Crippen LogP contribution in [0.1, 0.15) is 40.6 Å². The van der Waals surface area contributed by atoms with Gasteiger partial charge in [0.25, 0.3) is 5.91 Å². The summed E-state index contributed by atoms with van der Waals surface area (Å²) in [5.74, 6) is -0.586. The average molecular weight is 339 g/mol. The van der Waals surface area contributed by atoms with E-state index in [9.17, 15) is 14.7 Å². The molecular formula is C19H21N3O3. The number of carboxylic acids is 1. The number of carbonyl (C=O) groups is 2. The van der Waals surface area contributed by atoms with Crippen molar-refractivity contribution < 1.29 is 14.7 Å². The summed E-state index contributed by atoms with van der Waals surface area (Å²) in [4.78, 5) is 28.3. The van der Waals surface area contributed by atoms with Gasteiger partial charge in [0.05, 0.1) is 5.92 Å². The van der Waals surface area contributed by atoms with Crippen LogP contribution in [0.5, 0.6) is 0 Å². The number of nitrogens with one attached hydrogen (secondary N) is 1. The summed E-state index contributed by atoms with van der Waals surface area (Å²) >= 11 is 0. The third-order valence-electron chi connectivity index (χ3n) is 5.28. The molecule has 0 saturated heterocycles. The highest BCUT2D eigenvalue weighted by Crippen LogP contribution is 2.53. The predicted molar refractivity (Wildman–Crippen MR) is 91.3 cm³/mol. The van der Waals surface area contributed by atoms with Crippen LogP contribution < -0.4 is 5.32 Å². The van der Waals surface area contributed by atoms with Gasteiger partial charge in [-0.05, 0) is 24.3 Å². The summed E-state index contributed by atoms with van der Waals surface area (Å²) < 4.78 is 2.04. The number of rotatable bonds is 5. The van der Waals surface area contributed by atoms with Gasteiger partial charge in [0.1, 0.15) is 11.5 Å². The second-order valence-corrected chi connectivity index (χ2v) is 6.87. The Morgan fingerprint density at radius 3 is 2.76 bits per heavy atom. The number of hydrogen-bond donors (Lipinski definition) is 2. The zero-order valence-corrected chi connectivity index (χ0v) is 13.9. The molecule has 1 aliphatic heterocycles. The Bertz CT molecular complexity index is 776. The van der Waals surface area contributed by atoms with Crippen LogP contribution in [0.25, 0.3) is 0 Å². The summed E-state index contributed by atoms with van der Waals surface area (Å²) in [6.45, 7) is 1.27. The molecule has 1 fully saturated rings. The third-order valence-corrected chi connectivity index (χ3v) is 5.28. The van der Waals surface area contributed by atoms with Gasteiger partial charge in [0.15, 0.2) is 0 Å². The lowest BCUT2D eigenvalue weighted by Crippen LogP contribution is -2.27. The molecule has 0 spiro atoms. The molecule has 2 aliphatic rings. The lowest BCUT2D eigenvalue weighted by Gasteiger charge is -2.11. The van der Waals surface area contributed by atoms with Crippen molar-refractivity contribution in [2.24, 2.45) is 11.8 Å². The first-order chi connectivity index (χ1) is 12.1.